The van der Waals surface area contributed by atoms with Crippen molar-refractivity contribution in [3.63, 3.8) is 0 Å². The first-order valence-corrected chi connectivity index (χ1v) is 12.1. The molecule has 2 aromatic carbocycles. The van der Waals surface area contributed by atoms with Crippen LogP contribution in [0.15, 0.2) is 53.9 Å². The minimum absolute atomic E-state index is 0.0841. The average molecular weight is 499 g/mol. The molecule has 0 aliphatic heterocycles. The molecule has 178 valence electrons. The summed E-state index contributed by atoms with van der Waals surface area (Å²) in [6.45, 7) is 7.12. The minimum atomic E-state index is -0.759. The van der Waals surface area contributed by atoms with Crippen molar-refractivity contribution in [3.05, 3.63) is 70.1 Å². The number of carbonyl (C=O) groups is 3. The van der Waals surface area contributed by atoms with Gasteiger partial charge in [0.05, 0.1) is 22.3 Å². The second-order valence-electron chi connectivity index (χ2n) is 8.25. The largest absolute Gasteiger partial charge is 0.350 e. The fourth-order valence-corrected chi connectivity index (χ4v) is 4.32. The van der Waals surface area contributed by atoms with Gasteiger partial charge in [-0.15, -0.1) is 11.3 Å². The first-order valence-electron chi connectivity index (χ1n) is 10.8. The molecule has 1 aromatic heterocycles. The van der Waals surface area contributed by atoms with Crippen molar-refractivity contribution in [2.24, 2.45) is 5.92 Å². The number of hydrogen-bond acceptors (Lipinski definition) is 5. The van der Waals surface area contributed by atoms with Crippen molar-refractivity contribution in [2.45, 2.75) is 39.8 Å². The third-order valence-electron chi connectivity index (χ3n) is 5.21. The van der Waals surface area contributed by atoms with E-state index < -0.39 is 11.9 Å². The maximum absolute atomic E-state index is 12.9. The molecule has 7 nitrogen and oxygen atoms in total. The number of amides is 3. The molecule has 34 heavy (non-hydrogen) atoms. The van der Waals surface area contributed by atoms with E-state index in [1.807, 2.05) is 50.4 Å². The molecule has 0 bridgehead atoms. The molecule has 3 rings (SSSR count). The number of thiazole rings is 1. The fraction of sp³-hybridized carbons (Fsp3) is 0.280. The highest BCUT2D eigenvalue weighted by molar-refractivity contribution is 7.14. The number of halogens is 1. The van der Waals surface area contributed by atoms with Crippen molar-refractivity contribution in [1.82, 2.24) is 15.6 Å². The highest BCUT2D eigenvalue weighted by Gasteiger charge is 2.26. The summed E-state index contributed by atoms with van der Waals surface area (Å²) < 4.78 is 0. The summed E-state index contributed by atoms with van der Waals surface area (Å²) in [5, 5.41) is 11.1. The molecule has 0 aliphatic rings. The maximum atomic E-state index is 12.9. The molecule has 9 heteroatoms. The Labute approximate surface area is 207 Å². The van der Waals surface area contributed by atoms with Crippen molar-refractivity contribution in [2.75, 3.05) is 5.32 Å². The highest BCUT2D eigenvalue weighted by Crippen LogP contribution is 2.26. The van der Waals surface area contributed by atoms with Crippen LogP contribution in [0.1, 0.15) is 49.7 Å². The van der Waals surface area contributed by atoms with Crippen LogP contribution in [0.4, 0.5) is 5.13 Å². The lowest BCUT2D eigenvalue weighted by molar-refractivity contribution is -0.120. The Bertz CT molecular complexity index is 1180. The summed E-state index contributed by atoms with van der Waals surface area (Å²) in [4.78, 5) is 41.4. The van der Waals surface area contributed by atoms with Crippen molar-refractivity contribution < 1.29 is 14.4 Å². The average Bonchev–Trinajstić information content (AvgIpc) is 3.25. The number of benzene rings is 2. The van der Waals surface area contributed by atoms with Crippen molar-refractivity contribution in [3.8, 4) is 11.3 Å². The van der Waals surface area contributed by atoms with E-state index in [1.54, 1.807) is 24.3 Å². The Morgan fingerprint density at radius 3 is 2.26 bits per heavy atom. The van der Waals surface area contributed by atoms with Crippen molar-refractivity contribution in [1.29, 1.82) is 0 Å². The van der Waals surface area contributed by atoms with E-state index in [1.165, 1.54) is 18.3 Å². The Kier molecular flexibility index (Phi) is 8.41. The summed E-state index contributed by atoms with van der Waals surface area (Å²) in [7, 11) is 0. The zero-order valence-electron chi connectivity index (χ0n) is 19.4. The fourth-order valence-electron chi connectivity index (χ4n) is 3.38. The van der Waals surface area contributed by atoms with E-state index in [2.05, 4.69) is 20.9 Å². The van der Waals surface area contributed by atoms with Crippen LogP contribution in [0, 0.1) is 5.92 Å². The smallest absolute Gasteiger partial charge is 0.253 e. The molecule has 3 aromatic rings. The molecule has 3 N–H and O–H groups in total. The highest BCUT2D eigenvalue weighted by atomic mass is 35.5. The monoisotopic (exact) mass is 498 g/mol. The topological polar surface area (TPSA) is 100 Å². The van der Waals surface area contributed by atoms with Crippen LogP contribution in [-0.2, 0) is 9.59 Å². The summed E-state index contributed by atoms with van der Waals surface area (Å²) >= 11 is 7.42. The molecule has 1 heterocycles. The van der Waals surface area contributed by atoms with Gasteiger partial charge in [0.25, 0.3) is 5.91 Å². The van der Waals surface area contributed by atoms with E-state index in [9.17, 15) is 14.4 Å². The van der Waals surface area contributed by atoms with Crippen LogP contribution in [0.25, 0.3) is 11.3 Å². The van der Waals surface area contributed by atoms with Gasteiger partial charge in [-0.05, 0) is 30.5 Å². The van der Waals surface area contributed by atoms with Gasteiger partial charge in [0, 0.05) is 17.9 Å². The van der Waals surface area contributed by atoms with E-state index in [4.69, 9.17) is 11.6 Å². The number of nitrogens with one attached hydrogen (secondary N) is 3. The summed E-state index contributed by atoms with van der Waals surface area (Å²) in [6.07, 6.45) is 0. The molecular weight excluding hydrogens is 472 g/mol. The van der Waals surface area contributed by atoms with Gasteiger partial charge in [0.15, 0.2) is 5.13 Å². The summed E-state index contributed by atoms with van der Waals surface area (Å²) in [5.74, 6) is -0.994. The molecule has 0 saturated carbocycles. The molecule has 2 atom stereocenters. The summed E-state index contributed by atoms with van der Waals surface area (Å²) in [5.41, 5.74) is 2.91. The Hall–Kier alpha value is -3.23. The van der Waals surface area contributed by atoms with Gasteiger partial charge in [-0.1, -0.05) is 61.8 Å². The molecule has 0 saturated heterocycles. The Morgan fingerprint density at radius 1 is 0.971 bits per heavy atom. The number of carbonyl (C=O) groups excluding carboxylic acids is 3. The molecule has 0 radical (unpaired) electrons. The van der Waals surface area contributed by atoms with Gasteiger partial charge in [-0.25, -0.2) is 4.98 Å². The second-order valence-corrected chi connectivity index (χ2v) is 9.51. The minimum Gasteiger partial charge on any atom is -0.350 e. The first kappa shape index (κ1) is 25.4. The second kappa shape index (κ2) is 11.3. The van der Waals surface area contributed by atoms with Crippen LogP contribution in [0.2, 0.25) is 5.02 Å². The van der Waals surface area contributed by atoms with E-state index in [0.717, 1.165) is 16.8 Å². The van der Waals surface area contributed by atoms with Gasteiger partial charge in [-0.3, -0.25) is 14.4 Å². The molecule has 0 aliphatic carbocycles. The predicted molar refractivity (Wildman–Crippen MR) is 136 cm³/mol. The van der Waals surface area contributed by atoms with Gasteiger partial charge < -0.3 is 16.0 Å². The Balaban J connectivity index is 1.68. The van der Waals surface area contributed by atoms with Crippen LogP contribution in [0.3, 0.4) is 0 Å². The number of nitrogens with zero attached hydrogens (tertiary/aromatic N) is 1. The van der Waals surface area contributed by atoms with Gasteiger partial charge >= 0.3 is 0 Å². The molecule has 3 amide bonds. The molecule has 0 fully saturated rings. The third-order valence-corrected chi connectivity index (χ3v) is 6.30. The molecule has 0 spiro atoms. The van der Waals surface area contributed by atoms with Gasteiger partial charge in [-0.2, -0.15) is 0 Å². The summed E-state index contributed by atoms with van der Waals surface area (Å²) in [6, 6.07) is 13.6. The third kappa shape index (κ3) is 6.42. The van der Waals surface area contributed by atoms with E-state index in [-0.39, 0.29) is 23.8 Å². The first-order chi connectivity index (χ1) is 16.2. The number of rotatable bonds is 8. The number of anilines is 1. The number of aromatic nitrogens is 1. The normalized spacial score (nSPS) is 12.6. The van der Waals surface area contributed by atoms with Crippen LogP contribution in [-0.4, -0.2) is 28.7 Å². The lowest BCUT2D eigenvalue weighted by Crippen LogP contribution is -2.47. The maximum Gasteiger partial charge on any atom is 0.253 e. The zero-order valence-corrected chi connectivity index (χ0v) is 21.0. The van der Waals surface area contributed by atoms with Gasteiger partial charge in [0.1, 0.15) is 6.04 Å². The molecule has 1 unspecified atom stereocenters. The zero-order chi connectivity index (χ0) is 24.8. The Morgan fingerprint density at radius 2 is 1.65 bits per heavy atom. The number of hydrogen-bond donors (Lipinski definition) is 3. The quantitative estimate of drug-likeness (QED) is 0.404. The van der Waals surface area contributed by atoms with Crippen LogP contribution in [0.5, 0.6) is 0 Å². The van der Waals surface area contributed by atoms with E-state index >= 15 is 0 Å². The van der Waals surface area contributed by atoms with Crippen molar-refractivity contribution >= 4 is 45.8 Å². The predicted octanol–water partition coefficient (Wildman–Crippen LogP) is 5.05. The standard InChI is InChI=1S/C25H27ClN4O3S/c1-14(2)22(29-23(32)19-7-5-6-8-20(19)26)24(33)30-25-28-21(13-34-25)18-11-9-17(10-12-18)15(3)27-16(4)31/h5-15,22H,1-4H3,(H,27,31)(H,29,32)(H,28,30,33)/t15?,22-/m0/s1. The lowest BCUT2D eigenvalue weighted by Gasteiger charge is -2.21. The van der Waals surface area contributed by atoms with Crippen LogP contribution >= 0.6 is 22.9 Å². The molecular formula is C25H27ClN4O3S. The van der Waals surface area contributed by atoms with Crippen LogP contribution < -0.4 is 16.0 Å². The van der Waals surface area contributed by atoms with E-state index in [0.29, 0.717) is 15.7 Å². The SMILES string of the molecule is CC(=O)NC(C)c1ccc(-c2csc(NC(=O)[C@@H](NC(=O)c3ccccc3Cl)C(C)C)n2)cc1. The lowest BCUT2D eigenvalue weighted by atomic mass is 10.0. The van der Waals surface area contributed by atoms with Gasteiger partial charge in [0.2, 0.25) is 11.8 Å².